The van der Waals surface area contributed by atoms with Gasteiger partial charge in [-0.2, -0.15) is 0 Å². The van der Waals surface area contributed by atoms with Crippen LogP contribution in [0.15, 0.2) is 18.2 Å². The molecule has 0 radical (unpaired) electrons. The van der Waals surface area contributed by atoms with Crippen LogP contribution in [0, 0.1) is 0 Å². The van der Waals surface area contributed by atoms with Gasteiger partial charge in [-0.05, 0) is 43.1 Å². The molecule has 0 saturated heterocycles. The maximum Gasteiger partial charge on any atom is 0.137 e. The van der Waals surface area contributed by atoms with Gasteiger partial charge in [0.1, 0.15) is 11.9 Å². The summed E-state index contributed by atoms with van der Waals surface area (Å²) >= 11 is 0. The maximum atomic E-state index is 13.6. The van der Waals surface area contributed by atoms with Crippen LogP contribution in [0.2, 0.25) is 0 Å². The Kier molecular flexibility index (Phi) is 3.21. The van der Waals surface area contributed by atoms with Gasteiger partial charge in [-0.15, -0.1) is 0 Å². The molecule has 0 aliphatic carbocycles. The Bertz CT molecular complexity index is 340. The smallest absolute Gasteiger partial charge is 0.137 e. The number of hydrogen-bond donors (Lipinski definition) is 1. The number of rotatable bonds is 3. The van der Waals surface area contributed by atoms with Gasteiger partial charge in [-0.3, -0.25) is 0 Å². The largest absolute Gasteiger partial charge is 0.493 e. The second-order valence-electron chi connectivity index (χ2n) is 3.84. The van der Waals surface area contributed by atoms with Crippen molar-refractivity contribution in [3.63, 3.8) is 0 Å². The second-order valence-corrected chi connectivity index (χ2v) is 3.84. The van der Waals surface area contributed by atoms with Crippen LogP contribution in [0.5, 0.6) is 5.75 Å². The quantitative estimate of drug-likeness (QED) is 0.824. The molecule has 2 nitrogen and oxygen atoms in total. The van der Waals surface area contributed by atoms with E-state index in [1.165, 1.54) is 0 Å². The van der Waals surface area contributed by atoms with Crippen molar-refractivity contribution in [3.05, 3.63) is 29.3 Å². The molecule has 0 amide bonds. The van der Waals surface area contributed by atoms with Crippen molar-refractivity contribution in [3.8, 4) is 5.75 Å². The predicted molar refractivity (Wildman–Crippen MR) is 58.0 cm³/mol. The van der Waals surface area contributed by atoms with E-state index in [-0.39, 0.29) is 0 Å². The molecule has 0 aromatic heterocycles. The van der Waals surface area contributed by atoms with E-state index >= 15 is 0 Å². The summed E-state index contributed by atoms with van der Waals surface area (Å²) in [6, 6.07) is 5.62. The Labute approximate surface area is 89.4 Å². The molecule has 15 heavy (non-hydrogen) atoms. The monoisotopic (exact) mass is 209 g/mol. The Morgan fingerprint density at radius 2 is 2.40 bits per heavy atom. The average Bonchev–Trinajstić information content (AvgIpc) is 2.29. The SMILES string of the molecule is CNCC(F)c1ccc2c(c1)CCCO2. The fraction of sp³-hybridized carbons (Fsp3) is 0.500. The molecule has 3 heteroatoms. The molecule has 1 aromatic rings. The predicted octanol–water partition coefficient (Wildman–Crippen LogP) is 2.24. The van der Waals surface area contributed by atoms with E-state index in [2.05, 4.69) is 5.32 Å². The van der Waals surface area contributed by atoms with Crippen molar-refractivity contribution in [2.24, 2.45) is 0 Å². The van der Waals surface area contributed by atoms with E-state index in [1.807, 2.05) is 18.2 Å². The first-order chi connectivity index (χ1) is 7.31. The second kappa shape index (κ2) is 4.62. The van der Waals surface area contributed by atoms with Gasteiger partial charge in [0.2, 0.25) is 0 Å². The van der Waals surface area contributed by atoms with Crippen molar-refractivity contribution < 1.29 is 9.13 Å². The molecule has 1 N–H and O–H groups in total. The van der Waals surface area contributed by atoms with Crippen LogP contribution in [-0.4, -0.2) is 20.2 Å². The van der Waals surface area contributed by atoms with Gasteiger partial charge in [0.05, 0.1) is 6.61 Å². The van der Waals surface area contributed by atoms with Crippen molar-refractivity contribution in [1.82, 2.24) is 5.32 Å². The van der Waals surface area contributed by atoms with E-state index in [4.69, 9.17) is 4.74 Å². The van der Waals surface area contributed by atoms with Crippen molar-refractivity contribution in [1.29, 1.82) is 0 Å². The third-order valence-electron chi connectivity index (χ3n) is 2.68. The van der Waals surface area contributed by atoms with E-state index < -0.39 is 6.17 Å². The van der Waals surface area contributed by atoms with Gasteiger partial charge in [0.15, 0.2) is 0 Å². The number of benzene rings is 1. The van der Waals surface area contributed by atoms with E-state index in [9.17, 15) is 4.39 Å². The summed E-state index contributed by atoms with van der Waals surface area (Å²) in [6.45, 7) is 1.14. The summed E-state index contributed by atoms with van der Waals surface area (Å²) in [4.78, 5) is 0. The first-order valence-electron chi connectivity index (χ1n) is 5.35. The molecule has 0 spiro atoms. The molecule has 0 bridgehead atoms. The number of likely N-dealkylation sites (N-methyl/N-ethyl adjacent to an activating group) is 1. The van der Waals surface area contributed by atoms with Crippen LogP contribution in [0.3, 0.4) is 0 Å². The first-order valence-corrected chi connectivity index (χ1v) is 5.35. The van der Waals surface area contributed by atoms with Crippen LogP contribution in [0.25, 0.3) is 0 Å². The number of hydrogen-bond acceptors (Lipinski definition) is 2. The van der Waals surface area contributed by atoms with Gasteiger partial charge in [-0.25, -0.2) is 4.39 Å². The number of fused-ring (bicyclic) bond motifs is 1. The van der Waals surface area contributed by atoms with Crippen molar-refractivity contribution in [2.45, 2.75) is 19.0 Å². The zero-order valence-electron chi connectivity index (χ0n) is 8.92. The summed E-state index contributed by atoms with van der Waals surface area (Å²) in [6.07, 6.45) is 1.09. The molecule has 1 aromatic carbocycles. The number of nitrogens with one attached hydrogen (secondary N) is 1. The Balaban J connectivity index is 2.20. The van der Waals surface area contributed by atoms with Crippen LogP contribution < -0.4 is 10.1 Å². The van der Waals surface area contributed by atoms with Crippen LogP contribution in [0.4, 0.5) is 4.39 Å². The van der Waals surface area contributed by atoms with Gasteiger partial charge in [0.25, 0.3) is 0 Å². The summed E-state index contributed by atoms with van der Waals surface area (Å²) in [7, 11) is 1.76. The molecule has 1 heterocycles. The van der Waals surface area contributed by atoms with Crippen LogP contribution in [-0.2, 0) is 6.42 Å². The Hall–Kier alpha value is -1.09. The average molecular weight is 209 g/mol. The Morgan fingerprint density at radius 3 is 3.20 bits per heavy atom. The van der Waals surface area contributed by atoms with E-state index in [0.717, 1.165) is 36.3 Å². The van der Waals surface area contributed by atoms with E-state index in [0.29, 0.717) is 6.54 Å². The first kappa shape index (κ1) is 10.4. The molecular formula is C12H16FNO. The van der Waals surface area contributed by atoms with Gasteiger partial charge in [0, 0.05) is 6.54 Å². The molecule has 0 saturated carbocycles. The number of aryl methyl sites for hydroxylation is 1. The minimum atomic E-state index is -0.928. The summed E-state index contributed by atoms with van der Waals surface area (Å²) in [5.74, 6) is 0.918. The molecule has 1 unspecified atom stereocenters. The highest BCUT2D eigenvalue weighted by Crippen LogP contribution is 2.28. The topological polar surface area (TPSA) is 21.3 Å². The van der Waals surface area contributed by atoms with Crippen LogP contribution in [0.1, 0.15) is 23.7 Å². The third kappa shape index (κ3) is 2.29. The molecule has 82 valence electrons. The highest BCUT2D eigenvalue weighted by molar-refractivity contribution is 5.39. The minimum Gasteiger partial charge on any atom is -0.493 e. The Morgan fingerprint density at radius 1 is 1.53 bits per heavy atom. The molecular weight excluding hydrogens is 193 g/mol. The highest BCUT2D eigenvalue weighted by atomic mass is 19.1. The van der Waals surface area contributed by atoms with Crippen molar-refractivity contribution in [2.75, 3.05) is 20.2 Å². The molecule has 1 aliphatic rings. The lowest BCUT2D eigenvalue weighted by Crippen LogP contribution is -2.15. The minimum absolute atomic E-state index is 0.361. The zero-order valence-corrected chi connectivity index (χ0v) is 8.92. The fourth-order valence-corrected chi connectivity index (χ4v) is 1.87. The maximum absolute atomic E-state index is 13.6. The van der Waals surface area contributed by atoms with Gasteiger partial charge < -0.3 is 10.1 Å². The fourth-order valence-electron chi connectivity index (χ4n) is 1.87. The van der Waals surface area contributed by atoms with E-state index in [1.54, 1.807) is 7.05 Å². The van der Waals surface area contributed by atoms with Gasteiger partial charge >= 0.3 is 0 Å². The lowest BCUT2D eigenvalue weighted by atomic mass is 10.0. The lowest BCUT2D eigenvalue weighted by molar-refractivity contribution is 0.286. The standard InChI is InChI=1S/C12H16FNO/c1-14-8-11(13)9-4-5-12-10(7-9)3-2-6-15-12/h4-5,7,11,14H,2-3,6,8H2,1H3. The number of alkyl halides is 1. The summed E-state index contributed by atoms with van der Waals surface area (Å²) < 4.78 is 19.1. The number of ether oxygens (including phenoxy) is 1. The third-order valence-corrected chi connectivity index (χ3v) is 2.68. The molecule has 1 atom stereocenters. The summed E-state index contributed by atoms with van der Waals surface area (Å²) in [5.41, 5.74) is 1.88. The highest BCUT2D eigenvalue weighted by Gasteiger charge is 2.14. The van der Waals surface area contributed by atoms with Gasteiger partial charge in [-0.1, -0.05) is 6.07 Å². The molecule has 1 aliphatic heterocycles. The normalized spacial score (nSPS) is 16.7. The molecule has 2 rings (SSSR count). The zero-order chi connectivity index (χ0) is 10.7. The lowest BCUT2D eigenvalue weighted by Gasteiger charge is -2.18. The molecule has 0 fully saturated rings. The van der Waals surface area contributed by atoms with Crippen LogP contribution >= 0.6 is 0 Å². The van der Waals surface area contributed by atoms with Crippen molar-refractivity contribution >= 4 is 0 Å². The summed E-state index contributed by atoms with van der Waals surface area (Å²) in [5, 5.41) is 2.84. The number of halogens is 1.